The van der Waals surface area contributed by atoms with Gasteiger partial charge in [-0.25, -0.2) is 9.78 Å². The number of rotatable bonds is 8. The molecule has 1 heterocycles. The number of aromatic carboxylic acids is 1. The summed E-state index contributed by atoms with van der Waals surface area (Å²) in [5.41, 5.74) is 1.69. The van der Waals surface area contributed by atoms with Crippen LogP contribution in [0.1, 0.15) is 57.7 Å². The van der Waals surface area contributed by atoms with Crippen molar-refractivity contribution in [1.29, 1.82) is 0 Å². The number of halogens is 4. The fourth-order valence-electron chi connectivity index (χ4n) is 4.89. The average Bonchev–Trinajstić information content (AvgIpc) is 3.40. The molecule has 1 amide bonds. The van der Waals surface area contributed by atoms with Crippen molar-refractivity contribution in [2.75, 3.05) is 0 Å². The molecule has 1 aromatic heterocycles. The summed E-state index contributed by atoms with van der Waals surface area (Å²) in [4.78, 5) is 33.0. The molecule has 0 fully saturated rings. The summed E-state index contributed by atoms with van der Waals surface area (Å²) in [7, 11) is 0. The first-order chi connectivity index (χ1) is 20.0. The Bertz CT molecular complexity index is 1780. The van der Waals surface area contributed by atoms with Crippen LogP contribution in [0.4, 0.5) is 13.2 Å². The molecule has 0 saturated carbocycles. The number of carbonyl (C=O) groups excluding carboxylic acids is 1. The highest BCUT2D eigenvalue weighted by Crippen LogP contribution is 2.37. The van der Waals surface area contributed by atoms with Gasteiger partial charge in [-0.05, 0) is 71.6 Å². The molecule has 0 radical (unpaired) electrons. The van der Waals surface area contributed by atoms with Gasteiger partial charge >= 0.3 is 12.1 Å². The van der Waals surface area contributed by atoms with E-state index in [0.29, 0.717) is 28.1 Å². The zero-order valence-corrected chi connectivity index (χ0v) is 23.1. The van der Waals surface area contributed by atoms with E-state index in [1.54, 1.807) is 18.2 Å². The SMILES string of the molecule is CCCC(NC(=O)c1ccc(-c2cc(Cl)ccc2-c2nc3cc(C(F)(F)F)ccc3[nH]2)c(C(=O)O)c1)c1ccccc1. The topological polar surface area (TPSA) is 95.1 Å². The van der Waals surface area contributed by atoms with Crippen LogP contribution in [0.3, 0.4) is 0 Å². The molecule has 4 aromatic carbocycles. The van der Waals surface area contributed by atoms with Crippen LogP contribution in [0.25, 0.3) is 33.5 Å². The van der Waals surface area contributed by atoms with E-state index in [4.69, 9.17) is 11.6 Å². The molecule has 0 aliphatic rings. The maximum atomic E-state index is 13.2. The highest BCUT2D eigenvalue weighted by atomic mass is 35.5. The Morgan fingerprint density at radius 1 is 0.952 bits per heavy atom. The second-order valence-corrected chi connectivity index (χ2v) is 10.2. The van der Waals surface area contributed by atoms with Crippen LogP contribution in [0, 0.1) is 0 Å². The largest absolute Gasteiger partial charge is 0.478 e. The number of fused-ring (bicyclic) bond motifs is 1. The lowest BCUT2D eigenvalue weighted by molar-refractivity contribution is -0.137. The molecule has 6 nitrogen and oxygen atoms in total. The molecule has 0 spiro atoms. The Labute approximate surface area is 244 Å². The van der Waals surface area contributed by atoms with Gasteiger partial charge in [0.2, 0.25) is 0 Å². The van der Waals surface area contributed by atoms with Crippen LogP contribution in [-0.2, 0) is 6.18 Å². The number of carboxylic acid groups (broad SMARTS) is 1. The molecule has 0 aliphatic carbocycles. The van der Waals surface area contributed by atoms with Gasteiger partial charge in [-0.1, -0.05) is 61.3 Å². The van der Waals surface area contributed by atoms with Gasteiger partial charge in [-0.2, -0.15) is 13.2 Å². The van der Waals surface area contributed by atoms with E-state index in [1.807, 2.05) is 37.3 Å². The Kier molecular flexibility index (Phi) is 8.04. The van der Waals surface area contributed by atoms with Crippen molar-refractivity contribution in [2.24, 2.45) is 0 Å². The molecule has 0 aliphatic heterocycles. The van der Waals surface area contributed by atoms with Crippen molar-refractivity contribution >= 4 is 34.5 Å². The fraction of sp³-hybridized carbons (Fsp3) is 0.156. The number of nitrogens with one attached hydrogen (secondary N) is 2. The van der Waals surface area contributed by atoms with E-state index in [0.717, 1.165) is 24.1 Å². The molecular weight excluding hydrogens is 567 g/mol. The minimum Gasteiger partial charge on any atom is -0.478 e. The summed E-state index contributed by atoms with van der Waals surface area (Å²) >= 11 is 6.30. The number of nitrogens with zero attached hydrogens (tertiary/aromatic N) is 1. The van der Waals surface area contributed by atoms with Crippen LogP contribution in [0.5, 0.6) is 0 Å². The highest BCUT2D eigenvalue weighted by Gasteiger charge is 2.31. The predicted molar refractivity (Wildman–Crippen MR) is 155 cm³/mol. The van der Waals surface area contributed by atoms with E-state index in [2.05, 4.69) is 15.3 Å². The maximum absolute atomic E-state index is 13.2. The molecule has 0 bridgehead atoms. The lowest BCUT2D eigenvalue weighted by atomic mass is 9.93. The minimum absolute atomic E-state index is 0.103. The number of aromatic nitrogens is 2. The smallest absolute Gasteiger partial charge is 0.416 e. The second-order valence-electron chi connectivity index (χ2n) is 9.80. The number of imidazole rings is 1. The molecule has 5 rings (SSSR count). The number of H-pyrrole nitrogens is 1. The molecule has 10 heteroatoms. The third kappa shape index (κ3) is 6.01. The molecular formula is C32H25ClF3N3O3. The van der Waals surface area contributed by atoms with E-state index < -0.39 is 23.6 Å². The summed E-state index contributed by atoms with van der Waals surface area (Å²) in [6.07, 6.45) is -3.00. The predicted octanol–water partition coefficient (Wildman–Crippen LogP) is 8.54. The molecule has 3 N–H and O–H groups in total. The van der Waals surface area contributed by atoms with Crippen molar-refractivity contribution in [3.05, 3.63) is 112 Å². The summed E-state index contributed by atoms with van der Waals surface area (Å²) in [5, 5.41) is 13.5. The van der Waals surface area contributed by atoms with Gasteiger partial charge in [0.15, 0.2) is 0 Å². The Hall–Kier alpha value is -4.63. The lowest BCUT2D eigenvalue weighted by Gasteiger charge is -2.19. The number of hydrogen-bond acceptors (Lipinski definition) is 3. The first kappa shape index (κ1) is 28.9. The molecule has 1 unspecified atom stereocenters. The van der Waals surface area contributed by atoms with Gasteiger partial charge in [0, 0.05) is 16.1 Å². The molecule has 42 heavy (non-hydrogen) atoms. The average molecular weight is 592 g/mol. The second kappa shape index (κ2) is 11.7. The number of alkyl halides is 3. The summed E-state index contributed by atoms with van der Waals surface area (Å²) in [6, 6.07) is 21.6. The Morgan fingerprint density at radius 2 is 1.69 bits per heavy atom. The molecule has 214 valence electrons. The number of carbonyl (C=O) groups is 2. The monoisotopic (exact) mass is 591 g/mol. The summed E-state index contributed by atoms with van der Waals surface area (Å²) < 4.78 is 39.7. The number of carboxylic acids is 1. The summed E-state index contributed by atoms with van der Waals surface area (Å²) in [6.45, 7) is 2.01. The van der Waals surface area contributed by atoms with Gasteiger partial charge in [0.25, 0.3) is 5.91 Å². The summed E-state index contributed by atoms with van der Waals surface area (Å²) in [5.74, 6) is -1.45. The zero-order valence-electron chi connectivity index (χ0n) is 22.3. The fourth-order valence-corrected chi connectivity index (χ4v) is 5.06. The van der Waals surface area contributed by atoms with Gasteiger partial charge in [0.05, 0.1) is 28.2 Å². The van der Waals surface area contributed by atoms with Gasteiger partial charge < -0.3 is 15.4 Å². The highest BCUT2D eigenvalue weighted by molar-refractivity contribution is 6.31. The van der Waals surface area contributed by atoms with Gasteiger partial charge in [-0.3, -0.25) is 4.79 Å². The normalized spacial score (nSPS) is 12.3. The zero-order chi connectivity index (χ0) is 30.0. The third-order valence-electron chi connectivity index (χ3n) is 6.93. The molecule has 0 saturated heterocycles. The lowest BCUT2D eigenvalue weighted by Crippen LogP contribution is -2.28. The van der Waals surface area contributed by atoms with E-state index in [1.165, 1.54) is 24.3 Å². The first-order valence-corrected chi connectivity index (χ1v) is 13.5. The Morgan fingerprint density at radius 3 is 2.38 bits per heavy atom. The van der Waals surface area contributed by atoms with Gasteiger partial charge in [-0.15, -0.1) is 0 Å². The van der Waals surface area contributed by atoms with Crippen molar-refractivity contribution < 1.29 is 27.9 Å². The number of hydrogen-bond donors (Lipinski definition) is 3. The molecule has 5 aromatic rings. The van der Waals surface area contributed by atoms with E-state index >= 15 is 0 Å². The number of benzene rings is 4. The minimum atomic E-state index is -4.53. The number of amides is 1. The standard InChI is InChI=1S/C32H25ClF3N3O3/c1-2-6-26(18-7-4-3-5-8-18)39-30(40)19-9-12-22(25(15-19)31(41)42)24-17-21(33)11-13-23(24)29-37-27-14-10-20(32(34,35)36)16-28(27)38-29/h3-5,7-17,26H,2,6H2,1H3,(H,37,38)(H,39,40)(H,41,42). The quantitative estimate of drug-likeness (QED) is 0.168. The van der Waals surface area contributed by atoms with E-state index in [9.17, 15) is 27.9 Å². The van der Waals surface area contributed by atoms with Crippen LogP contribution >= 0.6 is 11.6 Å². The Balaban J connectivity index is 1.54. The maximum Gasteiger partial charge on any atom is 0.416 e. The van der Waals surface area contributed by atoms with Crippen molar-refractivity contribution in [3.63, 3.8) is 0 Å². The van der Waals surface area contributed by atoms with Crippen LogP contribution in [-0.4, -0.2) is 27.0 Å². The van der Waals surface area contributed by atoms with Crippen LogP contribution in [0.15, 0.2) is 84.9 Å². The van der Waals surface area contributed by atoms with Gasteiger partial charge in [0.1, 0.15) is 5.82 Å². The van der Waals surface area contributed by atoms with Crippen molar-refractivity contribution in [3.8, 4) is 22.5 Å². The van der Waals surface area contributed by atoms with Crippen molar-refractivity contribution in [2.45, 2.75) is 32.0 Å². The number of aromatic amines is 1. The van der Waals surface area contributed by atoms with Crippen LogP contribution in [0.2, 0.25) is 5.02 Å². The van der Waals surface area contributed by atoms with Crippen molar-refractivity contribution in [1.82, 2.24) is 15.3 Å². The third-order valence-corrected chi connectivity index (χ3v) is 7.17. The van der Waals surface area contributed by atoms with E-state index in [-0.39, 0.29) is 34.1 Å². The molecule has 1 atom stereocenters. The first-order valence-electron chi connectivity index (χ1n) is 13.2. The van der Waals surface area contributed by atoms with Crippen LogP contribution < -0.4 is 5.32 Å².